The van der Waals surface area contributed by atoms with Gasteiger partial charge < -0.3 is 24.5 Å². The van der Waals surface area contributed by atoms with Crippen LogP contribution in [0.1, 0.15) is 10.5 Å². The van der Waals surface area contributed by atoms with Crippen LogP contribution in [0.2, 0.25) is 0 Å². The van der Waals surface area contributed by atoms with Crippen molar-refractivity contribution in [3.63, 3.8) is 0 Å². The Hall–Kier alpha value is -4.53. The fourth-order valence-electron chi connectivity index (χ4n) is 3.48. The number of aromatic nitrogens is 4. The van der Waals surface area contributed by atoms with Gasteiger partial charge in [0.05, 0.1) is 25.9 Å². The summed E-state index contributed by atoms with van der Waals surface area (Å²) in [4.78, 5) is 20.0. The molecule has 3 heterocycles. The fraction of sp³-hybridized carbons (Fsp3) is 0.0870. The van der Waals surface area contributed by atoms with E-state index in [9.17, 15) is 4.79 Å². The van der Waals surface area contributed by atoms with Gasteiger partial charge in [-0.05, 0) is 36.4 Å². The summed E-state index contributed by atoms with van der Waals surface area (Å²) in [6, 6.07) is 14.4. The van der Waals surface area contributed by atoms with E-state index in [2.05, 4.69) is 25.5 Å². The molecule has 0 aliphatic rings. The van der Waals surface area contributed by atoms with Gasteiger partial charge >= 0.3 is 0 Å². The molecule has 3 N–H and O–H groups in total. The minimum atomic E-state index is -0.269. The number of fused-ring (bicyclic) bond motifs is 2. The van der Waals surface area contributed by atoms with Crippen LogP contribution in [0.15, 0.2) is 60.9 Å². The number of pyridine rings is 1. The van der Waals surface area contributed by atoms with Crippen LogP contribution in [-0.4, -0.2) is 40.3 Å². The summed E-state index contributed by atoms with van der Waals surface area (Å²) in [6.45, 7) is 0. The van der Waals surface area contributed by atoms with Crippen LogP contribution in [0.25, 0.3) is 21.8 Å². The zero-order valence-corrected chi connectivity index (χ0v) is 17.3. The quantitative estimate of drug-likeness (QED) is 0.366. The third kappa shape index (κ3) is 3.56. The largest absolute Gasteiger partial charge is 0.493 e. The number of hydrogen-bond acceptors (Lipinski definition) is 6. The minimum Gasteiger partial charge on any atom is -0.493 e. The average molecular weight is 429 g/mol. The lowest BCUT2D eigenvalue weighted by molar-refractivity contribution is 0.102. The van der Waals surface area contributed by atoms with Crippen LogP contribution in [0.5, 0.6) is 23.0 Å². The highest BCUT2D eigenvalue weighted by molar-refractivity contribution is 6.05. The monoisotopic (exact) mass is 429 g/mol. The standard InChI is InChI=1S/C23H19N5O4/c1-30-20-11-15-17(12-21(20)31-2)24-7-5-19(15)32-14-3-4-16-13(9-14)10-18(26-16)23(29)27-22-6-8-25-28-22/h3-12,26H,1-2H3,(H2,25,27,28,29). The number of amides is 1. The van der Waals surface area contributed by atoms with E-state index in [1.54, 1.807) is 50.9 Å². The Morgan fingerprint density at radius 3 is 2.56 bits per heavy atom. The lowest BCUT2D eigenvalue weighted by Gasteiger charge is -2.12. The highest BCUT2D eigenvalue weighted by atomic mass is 16.5. The van der Waals surface area contributed by atoms with Crippen molar-refractivity contribution in [3.8, 4) is 23.0 Å². The maximum Gasteiger partial charge on any atom is 0.273 e. The van der Waals surface area contributed by atoms with Crippen molar-refractivity contribution >= 4 is 33.5 Å². The Kier molecular flexibility index (Phi) is 4.83. The predicted molar refractivity (Wildman–Crippen MR) is 120 cm³/mol. The van der Waals surface area contributed by atoms with Crippen LogP contribution >= 0.6 is 0 Å². The van der Waals surface area contributed by atoms with Gasteiger partial charge in [0, 0.05) is 34.6 Å². The van der Waals surface area contributed by atoms with Crippen molar-refractivity contribution in [1.82, 2.24) is 20.2 Å². The van der Waals surface area contributed by atoms with Gasteiger partial charge in [0.1, 0.15) is 23.0 Å². The molecule has 0 unspecified atom stereocenters. The first-order chi connectivity index (χ1) is 15.6. The van der Waals surface area contributed by atoms with Gasteiger partial charge in [-0.25, -0.2) is 0 Å². The molecule has 1 amide bonds. The fourth-order valence-corrected chi connectivity index (χ4v) is 3.48. The molecule has 9 heteroatoms. The molecule has 0 bridgehead atoms. The van der Waals surface area contributed by atoms with Gasteiger partial charge in [-0.15, -0.1) is 0 Å². The normalized spacial score (nSPS) is 10.9. The van der Waals surface area contributed by atoms with E-state index in [1.165, 1.54) is 0 Å². The first-order valence-corrected chi connectivity index (χ1v) is 9.76. The third-order valence-electron chi connectivity index (χ3n) is 5.02. The minimum absolute atomic E-state index is 0.269. The number of carbonyl (C=O) groups excluding carboxylic acids is 1. The number of carbonyl (C=O) groups is 1. The van der Waals surface area contributed by atoms with E-state index >= 15 is 0 Å². The number of rotatable bonds is 6. The molecule has 0 saturated heterocycles. The average Bonchev–Trinajstić information content (AvgIpc) is 3.48. The summed E-state index contributed by atoms with van der Waals surface area (Å²) in [5.74, 6) is 2.69. The number of ether oxygens (including phenoxy) is 3. The summed E-state index contributed by atoms with van der Waals surface area (Å²) >= 11 is 0. The van der Waals surface area contributed by atoms with Crippen molar-refractivity contribution < 1.29 is 19.0 Å². The van der Waals surface area contributed by atoms with Gasteiger partial charge in [0.2, 0.25) is 0 Å². The number of nitrogens with one attached hydrogen (secondary N) is 3. The molecule has 0 spiro atoms. The molecule has 0 fully saturated rings. The first kappa shape index (κ1) is 19.4. The first-order valence-electron chi connectivity index (χ1n) is 9.76. The molecule has 0 saturated carbocycles. The number of hydrogen-bond donors (Lipinski definition) is 3. The summed E-state index contributed by atoms with van der Waals surface area (Å²) in [6.07, 6.45) is 3.25. The van der Waals surface area contributed by atoms with Crippen molar-refractivity contribution in [2.24, 2.45) is 0 Å². The van der Waals surface area contributed by atoms with E-state index in [0.29, 0.717) is 34.5 Å². The van der Waals surface area contributed by atoms with E-state index in [-0.39, 0.29) is 5.91 Å². The van der Waals surface area contributed by atoms with E-state index < -0.39 is 0 Å². The molecule has 3 aromatic heterocycles. The second-order valence-corrected chi connectivity index (χ2v) is 6.99. The lowest BCUT2D eigenvalue weighted by Crippen LogP contribution is -2.12. The second-order valence-electron chi connectivity index (χ2n) is 6.99. The van der Waals surface area contributed by atoms with Crippen LogP contribution < -0.4 is 19.5 Å². The number of H-pyrrole nitrogens is 2. The third-order valence-corrected chi connectivity index (χ3v) is 5.02. The summed E-state index contributed by atoms with van der Waals surface area (Å²) in [5.41, 5.74) is 1.97. The molecule has 160 valence electrons. The highest BCUT2D eigenvalue weighted by Gasteiger charge is 2.13. The van der Waals surface area contributed by atoms with E-state index in [1.807, 2.05) is 24.3 Å². The number of benzene rings is 2. The van der Waals surface area contributed by atoms with Crippen molar-refractivity contribution in [3.05, 3.63) is 66.6 Å². The Morgan fingerprint density at radius 2 is 1.78 bits per heavy atom. The maximum atomic E-state index is 12.5. The van der Waals surface area contributed by atoms with Gasteiger partial charge in [-0.3, -0.25) is 14.9 Å². The van der Waals surface area contributed by atoms with E-state index in [0.717, 1.165) is 21.8 Å². The van der Waals surface area contributed by atoms with Crippen LogP contribution in [0, 0.1) is 0 Å². The molecule has 5 rings (SSSR count). The van der Waals surface area contributed by atoms with Crippen molar-refractivity contribution in [2.45, 2.75) is 0 Å². The molecular weight excluding hydrogens is 410 g/mol. The maximum absolute atomic E-state index is 12.5. The molecule has 2 aromatic carbocycles. The molecule has 0 radical (unpaired) electrons. The zero-order chi connectivity index (χ0) is 22.1. The SMILES string of the molecule is COc1cc2nccc(Oc3ccc4[nH]c(C(=O)Nc5ccn[nH]5)cc4c3)c2cc1OC. The number of aromatic amines is 2. The molecule has 0 aliphatic heterocycles. The molecule has 9 nitrogen and oxygen atoms in total. The van der Waals surface area contributed by atoms with Gasteiger partial charge in [0.15, 0.2) is 11.5 Å². The van der Waals surface area contributed by atoms with Crippen molar-refractivity contribution in [2.75, 3.05) is 19.5 Å². The van der Waals surface area contributed by atoms with Crippen LogP contribution in [0.4, 0.5) is 5.82 Å². The Balaban J connectivity index is 1.45. The molecule has 0 atom stereocenters. The van der Waals surface area contributed by atoms with Crippen LogP contribution in [0.3, 0.4) is 0 Å². The Labute approximate surface area is 182 Å². The van der Waals surface area contributed by atoms with Crippen molar-refractivity contribution in [1.29, 1.82) is 0 Å². The molecule has 0 aliphatic carbocycles. The summed E-state index contributed by atoms with van der Waals surface area (Å²) in [7, 11) is 3.17. The summed E-state index contributed by atoms with van der Waals surface area (Å²) < 4.78 is 16.9. The van der Waals surface area contributed by atoms with Crippen LogP contribution in [-0.2, 0) is 0 Å². The zero-order valence-electron chi connectivity index (χ0n) is 17.3. The smallest absolute Gasteiger partial charge is 0.273 e. The second kappa shape index (κ2) is 7.95. The number of nitrogens with zero attached hydrogens (tertiary/aromatic N) is 2. The molecular formula is C23H19N5O4. The Bertz CT molecular complexity index is 1430. The summed E-state index contributed by atoms with van der Waals surface area (Å²) in [5, 5.41) is 10.9. The lowest BCUT2D eigenvalue weighted by atomic mass is 10.1. The molecule has 32 heavy (non-hydrogen) atoms. The Morgan fingerprint density at radius 1 is 0.938 bits per heavy atom. The number of methoxy groups -OCH3 is 2. The number of anilines is 1. The van der Waals surface area contributed by atoms with Gasteiger partial charge in [-0.1, -0.05) is 0 Å². The predicted octanol–water partition coefficient (Wildman–Crippen LogP) is 4.50. The van der Waals surface area contributed by atoms with Gasteiger partial charge in [0.25, 0.3) is 5.91 Å². The topological polar surface area (TPSA) is 114 Å². The highest BCUT2D eigenvalue weighted by Crippen LogP contribution is 2.37. The van der Waals surface area contributed by atoms with Gasteiger partial charge in [-0.2, -0.15) is 5.10 Å². The van der Waals surface area contributed by atoms with E-state index in [4.69, 9.17) is 14.2 Å². The molecule has 5 aromatic rings.